The van der Waals surface area contributed by atoms with E-state index in [1.807, 2.05) is 42.2 Å². The average Bonchev–Trinajstić information content (AvgIpc) is 3.21. The van der Waals surface area contributed by atoms with Crippen LogP contribution in [0.1, 0.15) is 22.7 Å². The van der Waals surface area contributed by atoms with Gasteiger partial charge in [-0.25, -0.2) is 4.98 Å². The van der Waals surface area contributed by atoms with Crippen LogP contribution in [0.3, 0.4) is 0 Å². The molecule has 0 radical (unpaired) electrons. The maximum atomic E-state index is 10.4. The lowest BCUT2D eigenvalue weighted by Gasteiger charge is -2.17. The number of hydrogen-bond acceptors (Lipinski definition) is 4. The first-order valence-corrected chi connectivity index (χ1v) is 8.74. The number of amidine groups is 1. The van der Waals surface area contributed by atoms with Crippen LogP contribution in [-0.2, 0) is 0 Å². The van der Waals surface area contributed by atoms with Crippen molar-refractivity contribution in [1.82, 2.24) is 9.88 Å². The molecule has 0 amide bonds. The molecule has 23 heavy (non-hydrogen) atoms. The fraction of sp³-hybridized carbons (Fsp3) is 0.333. The van der Waals surface area contributed by atoms with Crippen LogP contribution in [0.15, 0.2) is 36.1 Å². The van der Waals surface area contributed by atoms with E-state index in [1.54, 1.807) is 11.3 Å². The Hall–Kier alpha value is -2.14. The molecule has 0 atom stereocenters. The van der Waals surface area contributed by atoms with Gasteiger partial charge < -0.3 is 10.0 Å². The van der Waals surface area contributed by atoms with Crippen molar-refractivity contribution in [2.75, 3.05) is 13.1 Å². The monoisotopic (exact) mass is 325 g/mol. The molecule has 5 heteroatoms. The Labute approximate surface area is 139 Å². The molecule has 0 saturated heterocycles. The molecule has 118 valence electrons. The van der Waals surface area contributed by atoms with Crippen molar-refractivity contribution in [1.29, 1.82) is 5.41 Å². The van der Waals surface area contributed by atoms with E-state index in [9.17, 15) is 5.11 Å². The van der Waals surface area contributed by atoms with Crippen molar-refractivity contribution in [2.24, 2.45) is 5.92 Å². The number of rotatable bonds is 4. The summed E-state index contributed by atoms with van der Waals surface area (Å²) in [6.07, 6.45) is 2.49. The molecule has 1 aromatic carbocycles. The average molecular weight is 325 g/mol. The number of nitrogens with zero attached hydrogens (tertiary/aromatic N) is 2. The Kier molecular flexibility index (Phi) is 3.45. The highest BCUT2D eigenvalue weighted by Gasteiger charge is 2.34. The molecule has 0 bridgehead atoms. The molecule has 1 saturated carbocycles. The highest BCUT2D eigenvalue weighted by Crippen LogP contribution is 2.37. The first kappa shape index (κ1) is 14.5. The largest absolute Gasteiger partial charge is 0.510 e. The first-order valence-electron chi connectivity index (χ1n) is 7.92. The Bertz CT molecular complexity index is 790. The third-order valence-electron chi connectivity index (χ3n) is 4.42. The minimum Gasteiger partial charge on any atom is -0.510 e. The zero-order valence-electron chi connectivity index (χ0n) is 13.0. The van der Waals surface area contributed by atoms with Crippen molar-refractivity contribution >= 4 is 22.7 Å². The lowest BCUT2D eigenvalue weighted by atomic mass is 10.1. The SMILES string of the molecule is Cc1sc(C2=C(O)CN(CC3CC3)C2=N)nc1-c1ccccc1. The summed E-state index contributed by atoms with van der Waals surface area (Å²) in [6.45, 7) is 3.37. The van der Waals surface area contributed by atoms with E-state index >= 15 is 0 Å². The Morgan fingerprint density at radius 2 is 2.04 bits per heavy atom. The number of aliphatic hydroxyl groups excluding tert-OH is 1. The summed E-state index contributed by atoms with van der Waals surface area (Å²) in [7, 11) is 0. The van der Waals surface area contributed by atoms with Gasteiger partial charge in [0.05, 0.1) is 17.8 Å². The third-order valence-corrected chi connectivity index (χ3v) is 5.40. The second kappa shape index (κ2) is 5.49. The number of thiazole rings is 1. The summed E-state index contributed by atoms with van der Waals surface area (Å²) >= 11 is 1.55. The van der Waals surface area contributed by atoms with Gasteiger partial charge in [0.25, 0.3) is 0 Å². The number of hydrogen-bond donors (Lipinski definition) is 2. The molecule has 1 aliphatic heterocycles. The molecule has 0 unspecified atom stereocenters. The van der Waals surface area contributed by atoms with Crippen LogP contribution in [0.25, 0.3) is 16.8 Å². The van der Waals surface area contributed by atoms with E-state index in [1.165, 1.54) is 12.8 Å². The summed E-state index contributed by atoms with van der Waals surface area (Å²) in [4.78, 5) is 7.81. The van der Waals surface area contributed by atoms with Gasteiger partial charge in [-0.1, -0.05) is 30.3 Å². The quantitative estimate of drug-likeness (QED) is 0.890. The van der Waals surface area contributed by atoms with Gasteiger partial charge in [0, 0.05) is 17.0 Å². The number of aromatic nitrogens is 1. The van der Waals surface area contributed by atoms with E-state index < -0.39 is 0 Å². The van der Waals surface area contributed by atoms with Gasteiger partial charge >= 0.3 is 0 Å². The molecular formula is C18H19N3OS. The number of aliphatic hydroxyl groups is 1. The Balaban J connectivity index is 1.65. The highest BCUT2D eigenvalue weighted by molar-refractivity contribution is 7.13. The predicted octanol–water partition coefficient (Wildman–Crippen LogP) is 4.09. The van der Waals surface area contributed by atoms with E-state index in [0.29, 0.717) is 23.9 Å². The summed E-state index contributed by atoms with van der Waals surface area (Å²) in [5.74, 6) is 1.40. The van der Waals surface area contributed by atoms with Crippen molar-refractivity contribution in [3.63, 3.8) is 0 Å². The van der Waals surface area contributed by atoms with Crippen LogP contribution in [0, 0.1) is 18.3 Å². The highest BCUT2D eigenvalue weighted by atomic mass is 32.1. The molecule has 2 aliphatic rings. The topological polar surface area (TPSA) is 60.2 Å². The van der Waals surface area contributed by atoms with Gasteiger partial charge in [-0.15, -0.1) is 11.3 Å². The summed E-state index contributed by atoms with van der Waals surface area (Å²) in [5, 5.41) is 19.5. The number of nitrogens with one attached hydrogen (secondary N) is 1. The van der Waals surface area contributed by atoms with Gasteiger partial charge in [-0.2, -0.15) is 0 Å². The lowest BCUT2D eigenvalue weighted by molar-refractivity contribution is 0.343. The molecule has 0 spiro atoms. The van der Waals surface area contributed by atoms with Gasteiger partial charge in [-0.3, -0.25) is 5.41 Å². The second-order valence-corrected chi connectivity index (χ2v) is 7.49. The molecule has 1 aromatic heterocycles. The van der Waals surface area contributed by atoms with E-state index in [-0.39, 0.29) is 5.76 Å². The first-order chi connectivity index (χ1) is 11.1. The molecule has 2 N–H and O–H groups in total. The molecule has 1 fully saturated rings. The van der Waals surface area contributed by atoms with Crippen molar-refractivity contribution < 1.29 is 5.11 Å². The number of benzene rings is 1. The van der Waals surface area contributed by atoms with Crippen molar-refractivity contribution in [3.8, 4) is 11.3 Å². The molecule has 4 nitrogen and oxygen atoms in total. The Morgan fingerprint density at radius 3 is 2.74 bits per heavy atom. The molecule has 1 aliphatic carbocycles. The molecular weight excluding hydrogens is 306 g/mol. The van der Waals surface area contributed by atoms with Gasteiger partial charge in [0.15, 0.2) is 0 Å². The van der Waals surface area contributed by atoms with Crippen LogP contribution in [0.2, 0.25) is 0 Å². The van der Waals surface area contributed by atoms with Crippen molar-refractivity contribution in [2.45, 2.75) is 19.8 Å². The maximum Gasteiger partial charge on any atom is 0.135 e. The summed E-state index contributed by atoms with van der Waals surface area (Å²) in [5.41, 5.74) is 2.63. The second-order valence-electron chi connectivity index (χ2n) is 6.28. The summed E-state index contributed by atoms with van der Waals surface area (Å²) in [6, 6.07) is 10.1. The molecule has 2 heterocycles. The fourth-order valence-electron chi connectivity index (χ4n) is 2.99. The van der Waals surface area contributed by atoms with E-state index in [0.717, 1.165) is 27.7 Å². The van der Waals surface area contributed by atoms with Crippen LogP contribution < -0.4 is 0 Å². The normalized spacial score (nSPS) is 18.1. The lowest BCUT2D eigenvalue weighted by Crippen LogP contribution is -2.28. The van der Waals surface area contributed by atoms with Crippen molar-refractivity contribution in [3.05, 3.63) is 46.0 Å². The summed E-state index contributed by atoms with van der Waals surface area (Å²) < 4.78 is 0. The Morgan fingerprint density at radius 1 is 1.30 bits per heavy atom. The van der Waals surface area contributed by atoms with E-state index in [2.05, 4.69) is 0 Å². The zero-order chi connectivity index (χ0) is 16.0. The minimum absolute atomic E-state index is 0.281. The van der Waals surface area contributed by atoms with Crippen LogP contribution in [0.4, 0.5) is 0 Å². The third kappa shape index (κ3) is 2.65. The zero-order valence-corrected chi connectivity index (χ0v) is 13.9. The maximum absolute atomic E-state index is 10.4. The minimum atomic E-state index is 0.281. The number of aryl methyl sites for hydroxylation is 1. The van der Waals surface area contributed by atoms with Gasteiger partial charge in [-0.05, 0) is 25.7 Å². The van der Waals surface area contributed by atoms with Crippen LogP contribution in [0.5, 0.6) is 0 Å². The van der Waals surface area contributed by atoms with Crippen LogP contribution in [-0.4, -0.2) is 33.9 Å². The van der Waals surface area contributed by atoms with E-state index in [4.69, 9.17) is 10.4 Å². The molecule has 4 rings (SSSR count). The van der Waals surface area contributed by atoms with Crippen LogP contribution >= 0.6 is 11.3 Å². The molecule has 2 aromatic rings. The van der Waals surface area contributed by atoms with Gasteiger partial charge in [0.2, 0.25) is 0 Å². The smallest absolute Gasteiger partial charge is 0.135 e. The standard InChI is InChI=1S/C18H19N3OS/c1-11-16(13-5-3-2-4-6-13)20-18(23-11)15-14(22)10-21(17(15)19)9-12-7-8-12/h2-6,12,19,22H,7-10H2,1H3. The fourth-order valence-corrected chi connectivity index (χ4v) is 4.00. The van der Waals surface area contributed by atoms with Gasteiger partial charge in [0.1, 0.15) is 16.6 Å². The predicted molar refractivity (Wildman–Crippen MR) is 93.9 cm³/mol.